The fourth-order valence-electron chi connectivity index (χ4n) is 3.47. The van der Waals surface area contributed by atoms with Crippen molar-refractivity contribution in [2.45, 2.75) is 45.6 Å². The molecule has 0 saturated carbocycles. The molecule has 0 unspecified atom stereocenters. The van der Waals surface area contributed by atoms with Crippen molar-refractivity contribution in [1.29, 1.82) is 0 Å². The van der Waals surface area contributed by atoms with Crippen molar-refractivity contribution < 1.29 is 4.74 Å². The molecule has 22 heavy (non-hydrogen) atoms. The Hall–Kier alpha value is -1.20. The Morgan fingerprint density at radius 2 is 1.91 bits per heavy atom. The van der Waals surface area contributed by atoms with Gasteiger partial charge in [-0.3, -0.25) is 0 Å². The fourth-order valence-corrected chi connectivity index (χ4v) is 3.47. The Kier molecular flexibility index (Phi) is 5.26. The number of hydrogen-bond donors (Lipinski definition) is 0. The zero-order valence-corrected chi connectivity index (χ0v) is 13.9. The molecular weight excluding hydrogens is 276 g/mol. The lowest BCUT2D eigenvalue weighted by Crippen LogP contribution is -2.42. The van der Waals surface area contributed by atoms with Crippen LogP contribution in [0.5, 0.6) is 0 Å². The van der Waals surface area contributed by atoms with Gasteiger partial charge in [0.25, 0.3) is 0 Å². The molecule has 2 saturated heterocycles. The van der Waals surface area contributed by atoms with Crippen LogP contribution >= 0.6 is 0 Å². The molecule has 0 aromatic carbocycles. The first-order valence-electron chi connectivity index (χ1n) is 8.61. The number of anilines is 1. The average molecular weight is 304 g/mol. The molecular formula is C17H28N4O. The van der Waals surface area contributed by atoms with Crippen LogP contribution in [0.1, 0.15) is 36.9 Å². The van der Waals surface area contributed by atoms with Crippen molar-refractivity contribution in [3.8, 4) is 0 Å². The van der Waals surface area contributed by atoms with Crippen LogP contribution in [0.3, 0.4) is 0 Å². The molecule has 1 aromatic rings. The van der Waals surface area contributed by atoms with Crippen LogP contribution in [-0.2, 0) is 4.74 Å². The number of rotatable bonds is 3. The van der Waals surface area contributed by atoms with Crippen molar-refractivity contribution in [3.05, 3.63) is 17.6 Å². The Morgan fingerprint density at radius 3 is 2.73 bits per heavy atom. The average Bonchev–Trinajstić information content (AvgIpc) is 2.76. The lowest BCUT2D eigenvalue weighted by atomic mass is 10.1. The number of aromatic nitrogens is 2. The SMILES string of the molecule is Cc1ncnc(N2CCCO[C@@H](CN3CCCCC3)C2)c1C. The van der Waals surface area contributed by atoms with Gasteiger partial charge in [0.2, 0.25) is 0 Å². The van der Waals surface area contributed by atoms with E-state index in [1.54, 1.807) is 6.33 Å². The van der Waals surface area contributed by atoms with Crippen molar-refractivity contribution in [3.63, 3.8) is 0 Å². The van der Waals surface area contributed by atoms with E-state index in [0.29, 0.717) is 0 Å². The Labute approximate surface area is 133 Å². The normalized spacial score (nSPS) is 24.3. The Bertz CT molecular complexity index is 488. The van der Waals surface area contributed by atoms with E-state index in [1.807, 2.05) is 0 Å². The summed E-state index contributed by atoms with van der Waals surface area (Å²) >= 11 is 0. The van der Waals surface area contributed by atoms with Gasteiger partial charge in [0.15, 0.2) is 0 Å². The zero-order valence-electron chi connectivity index (χ0n) is 13.9. The van der Waals surface area contributed by atoms with Gasteiger partial charge in [-0.05, 0) is 46.2 Å². The van der Waals surface area contributed by atoms with E-state index in [1.165, 1.54) is 37.9 Å². The highest BCUT2D eigenvalue weighted by Crippen LogP contribution is 2.21. The molecule has 3 heterocycles. The molecule has 5 nitrogen and oxygen atoms in total. The molecule has 0 spiro atoms. The third kappa shape index (κ3) is 3.76. The van der Waals surface area contributed by atoms with Gasteiger partial charge >= 0.3 is 0 Å². The molecule has 0 aliphatic carbocycles. The summed E-state index contributed by atoms with van der Waals surface area (Å²) in [5.41, 5.74) is 2.27. The van der Waals surface area contributed by atoms with E-state index in [0.717, 1.165) is 44.2 Å². The maximum absolute atomic E-state index is 6.10. The summed E-state index contributed by atoms with van der Waals surface area (Å²) in [6.45, 7) is 10.5. The second-order valence-electron chi connectivity index (χ2n) is 6.56. The highest BCUT2D eigenvalue weighted by atomic mass is 16.5. The van der Waals surface area contributed by atoms with Gasteiger partial charge in [-0.2, -0.15) is 0 Å². The third-order valence-corrected chi connectivity index (χ3v) is 4.87. The summed E-state index contributed by atoms with van der Waals surface area (Å²) in [5, 5.41) is 0. The second-order valence-corrected chi connectivity index (χ2v) is 6.56. The summed E-state index contributed by atoms with van der Waals surface area (Å²) in [5.74, 6) is 1.08. The van der Waals surface area contributed by atoms with E-state index >= 15 is 0 Å². The van der Waals surface area contributed by atoms with Gasteiger partial charge in [0.1, 0.15) is 12.1 Å². The number of ether oxygens (including phenoxy) is 1. The van der Waals surface area contributed by atoms with Crippen LogP contribution < -0.4 is 4.90 Å². The van der Waals surface area contributed by atoms with Crippen LogP contribution in [0.25, 0.3) is 0 Å². The minimum Gasteiger partial charge on any atom is -0.375 e. The monoisotopic (exact) mass is 304 g/mol. The van der Waals surface area contributed by atoms with Crippen molar-refractivity contribution in [2.75, 3.05) is 44.2 Å². The van der Waals surface area contributed by atoms with Crippen LogP contribution in [0.2, 0.25) is 0 Å². The minimum absolute atomic E-state index is 0.287. The van der Waals surface area contributed by atoms with Crippen molar-refractivity contribution >= 4 is 5.82 Å². The molecule has 0 amide bonds. The maximum atomic E-state index is 6.10. The van der Waals surface area contributed by atoms with E-state index in [9.17, 15) is 0 Å². The highest BCUT2D eigenvalue weighted by Gasteiger charge is 2.24. The van der Waals surface area contributed by atoms with E-state index in [4.69, 9.17) is 4.74 Å². The van der Waals surface area contributed by atoms with Gasteiger partial charge in [0, 0.05) is 37.5 Å². The van der Waals surface area contributed by atoms with Gasteiger partial charge in [-0.25, -0.2) is 9.97 Å². The largest absolute Gasteiger partial charge is 0.375 e. The number of hydrogen-bond acceptors (Lipinski definition) is 5. The fraction of sp³-hybridized carbons (Fsp3) is 0.765. The number of piperidine rings is 1. The van der Waals surface area contributed by atoms with E-state index in [-0.39, 0.29) is 6.10 Å². The molecule has 0 bridgehead atoms. The van der Waals surface area contributed by atoms with Gasteiger partial charge in [0.05, 0.1) is 6.10 Å². The first kappa shape index (κ1) is 15.7. The quantitative estimate of drug-likeness (QED) is 0.856. The lowest BCUT2D eigenvalue weighted by molar-refractivity contribution is 0.0350. The van der Waals surface area contributed by atoms with Gasteiger partial charge < -0.3 is 14.5 Å². The zero-order chi connectivity index (χ0) is 15.4. The van der Waals surface area contributed by atoms with Crippen LogP contribution in [0, 0.1) is 13.8 Å². The molecule has 2 aliphatic heterocycles. The standard InChI is InChI=1S/C17H28N4O/c1-14-15(2)18-13-19-17(14)21-9-6-10-22-16(12-21)11-20-7-4-3-5-8-20/h13,16H,3-12H2,1-2H3/t16-/m0/s1. The number of likely N-dealkylation sites (tertiary alicyclic amines) is 1. The summed E-state index contributed by atoms with van der Waals surface area (Å²) < 4.78 is 6.10. The van der Waals surface area contributed by atoms with Gasteiger partial charge in [-0.15, -0.1) is 0 Å². The first-order valence-corrected chi connectivity index (χ1v) is 8.61. The molecule has 3 rings (SSSR count). The summed E-state index contributed by atoms with van der Waals surface area (Å²) in [6.07, 6.45) is 7.09. The predicted octanol–water partition coefficient (Wildman–Crippen LogP) is 2.17. The summed E-state index contributed by atoms with van der Waals surface area (Å²) in [7, 11) is 0. The lowest BCUT2D eigenvalue weighted by Gasteiger charge is -2.32. The van der Waals surface area contributed by atoms with E-state index in [2.05, 4.69) is 33.6 Å². The molecule has 2 aliphatic rings. The third-order valence-electron chi connectivity index (χ3n) is 4.87. The molecule has 122 valence electrons. The van der Waals surface area contributed by atoms with Gasteiger partial charge in [-0.1, -0.05) is 6.42 Å². The van der Waals surface area contributed by atoms with Crippen LogP contribution in [0.4, 0.5) is 5.82 Å². The second kappa shape index (κ2) is 7.38. The van der Waals surface area contributed by atoms with Crippen LogP contribution in [-0.4, -0.2) is 60.3 Å². The topological polar surface area (TPSA) is 41.5 Å². The maximum Gasteiger partial charge on any atom is 0.135 e. The summed E-state index contributed by atoms with van der Waals surface area (Å²) in [6, 6.07) is 0. The minimum atomic E-state index is 0.287. The molecule has 1 atom stereocenters. The smallest absolute Gasteiger partial charge is 0.135 e. The molecule has 5 heteroatoms. The Morgan fingerprint density at radius 1 is 1.09 bits per heavy atom. The van der Waals surface area contributed by atoms with Crippen molar-refractivity contribution in [1.82, 2.24) is 14.9 Å². The highest BCUT2D eigenvalue weighted by molar-refractivity contribution is 5.47. The Balaban J connectivity index is 1.68. The molecule has 1 aromatic heterocycles. The molecule has 0 radical (unpaired) electrons. The predicted molar refractivity (Wildman–Crippen MR) is 88.4 cm³/mol. The van der Waals surface area contributed by atoms with Crippen molar-refractivity contribution in [2.24, 2.45) is 0 Å². The molecule has 2 fully saturated rings. The first-order chi connectivity index (χ1) is 10.7. The summed E-state index contributed by atoms with van der Waals surface area (Å²) in [4.78, 5) is 13.8. The van der Waals surface area contributed by atoms with Crippen LogP contribution in [0.15, 0.2) is 6.33 Å². The number of nitrogens with zero attached hydrogens (tertiary/aromatic N) is 4. The molecule has 0 N–H and O–H groups in total. The number of aryl methyl sites for hydroxylation is 1. The van der Waals surface area contributed by atoms with E-state index < -0.39 is 0 Å².